The van der Waals surface area contributed by atoms with Gasteiger partial charge in [-0.2, -0.15) is 0 Å². The molecule has 1 aliphatic rings. The van der Waals surface area contributed by atoms with Crippen LogP contribution in [0.25, 0.3) is 0 Å². The highest BCUT2D eigenvalue weighted by Gasteiger charge is 2.23. The molecule has 1 fully saturated rings. The molecule has 0 amide bonds. The number of ether oxygens (including phenoxy) is 1. The lowest BCUT2D eigenvalue weighted by Crippen LogP contribution is -2.36. The normalized spacial score (nSPS) is 18.3. The number of benzene rings is 1. The van der Waals surface area contributed by atoms with Crippen molar-refractivity contribution < 1.29 is 4.74 Å². The van der Waals surface area contributed by atoms with E-state index in [2.05, 4.69) is 37.5 Å². The zero-order chi connectivity index (χ0) is 13.7. The smallest absolute Gasteiger partial charge is 0.122 e. The third-order valence-corrected chi connectivity index (χ3v) is 4.47. The van der Waals surface area contributed by atoms with Gasteiger partial charge in [-0.1, -0.05) is 37.0 Å². The van der Waals surface area contributed by atoms with Gasteiger partial charge < -0.3 is 10.1 Å². The molecule has 0 radical (unpaired) electrons. The zero-order valence-electron chi connectivity index (χ0n) is 12.5. The summed E-state index contributed by atoms with van der Waals surface area (Å²) in [5, 5.41) is 3.54. The van der Waals surface area contributed by atoms with Gasteiger partial charge in [0.2, 0.25) is 0 Å². The molecule has 1 N–H and O–H groups in total. The SMILES string of the molecule is CNC(Cc1cc(C)ccc1OC)C1CCCCC1. The highest BCUT2D eigenvalue weighted by atomic mass is 16.5. The van der Waals surface area contributed by atoms with E-state index in [4.69, 9.17) is 4.74 Å². The standard InChI is InChI=1S/C17H27NO/c1-13-9-10-17(19-3)15(11-13)12-16(18-2)14-7-5-4-6-8-14/h9-11,14,16,18H,4-8,12H2,1-3H3. The van der Waals surface area contributed by atoms with Gasteiger partial charge in [-0.15, -0.1) is 0 Å². The van der Waals surface area contributed by atoms with Crippen LogP contribution in [-0.4, -0.2) is 20.2 Å². The van der Waals surface area contributed by atoms with Gasteiger partial charge in [0.05, 0.1) is 7.11 Å². The maximum absolute atomic E-state index is 5.51. The fraction of sp³-hybridized carbons (Fsp3) is 0.647. The Kier molecular flexibility index (Phi) is 5.26. The minimum atomic E-state index is 0.580. The van der Waals surface area contributed by atoms with Crippen LogP contribution in [0.4, 0.5) is 0 Å². The summed E-state index contributed by atoms with van der Waals surface area (Å²) in [6, 6.07) is 7.07. The van der Waals surface area contributed by atoms with Crippen molar-refractivity contribution in [3.05, 3.63) is 29.3 Å². The summed E-state index contributed by atoms with van der Waals surface area (Å²) < 4.78 is 5.51. The third-order valence-electron chi connectivity index (χ3n) is 4.47. The quantitative estimate of drug-likeness (QED) is 0.872. The Morgan fingerprint density at radius 3 is 2.63 bits per heavy atom. The Morgan fingerprint density at radius 1 is 1.26 bits per heavy atom. The molecular formula is C17H27NO. The molecule has 0 aliphatic heterocycles. The Bertz CT molecular complexity index is 396. The lowest BCUT2D eigenvalue weighted by Gasteiger charge is -2.30. The Labute approximate surface area is 117 Å². The van der Waals surface area contributed by atoms with E-state index in [1.54, 1.807) is 7.11 Å². The van der Waals surface area contributed by atoms with Crippen LogP contribution in [0.15, 0.2) is 18.2 Å². The fourth-order valence-corrected chi connectivity index (χ4v) is 3.34. The van der Waals surface area contributed by atoms with E-state index in [1.165, 1.54) is 43.2 Å². The first-order chi connectivity index (χ1) is 9.24. The second-order valence-corrected chi connectivity index (χ2v) is 5.81. The molecule has 0 heterocycles. The van der Waals surface area contributed by atoms with Gasteiger partial charge in [0, 0.05) is 6.04 Å². The predicted octanol–water partition coefficient (Wildman–Crippen LogP) is 3.71. The minimum Gasteiger partial charge on any atom is -0.496 e. The first-order valence-electron chi connectivity index (χ1n) is 7.55. The molecule has 0 bridgehead atoms. The molecule has 1 aliphatic carbocycles. The van der Waals surface area contributed by atoms with Crippen LogP contribution in [0.2, 0.25) is 0 Å². The fourth-order valence-electron chi connectivity index (χ4n) is 3.34. The Balaban J connectivity index is 2.10. The van der Waals surface area contributed by atoms with Crippen LogP contribution >= 0.6 is 0 Å². The molecule has 19 heavy (non-hydrogen) atoms. The molecule has 1 atom stereocenters. The van der Waals surface area contributed by atoms with Crippen molar-refractivity contribution in [2.75, 3.05) is 14.2 Å². The molecule has 1 aromatic carbocycles. The van der Waals surface area contributed by atoms with Crippen molar-refractivity contribution >= 4 is 0 Å². The van der Waals surface area contributed by atoms with E-state index in [0.717, 1.165) is 18.1 Å². The molecule has 0 saturated heterocycles. The van der Waals surface area contributed by atoms with Crippen LogP contribution in [0.1, 0.15) is 43.2 Å². The predicted molar refractivity (Wildman–Crippen MR) is 80.9 cm³/mol. The summed E-state index contributed by atoms with van der Waals surface area (Å²) in [7, 11) is 3.87. The molecular weight excluding hydrogens is 234 g/mol. The van der Waals surface area contributed by atoms with Crippen molar-refractivity contribution in [1.29, 1.82) is 0 Å². The first kappa shape index (κ1) is 14.4. The van der Waals surface area contributed by atoms with Gasteiger partial charge in [-0.3, -0.25) is 0 Å². The highest BCUT2D eigenvalue weighted by molar-refractivity contribution is 5.37. The number of hydrogen-bond acceptors (Lipinski definition) is 2. The van der Waals surface area contributed by atoms with Crippen molar-refractivity contribution in [3.8, 4) is 5.75 Å². The molecule has 1 unspecified atom stereocenters. The van der Waals surface area contributed by atoms with E-state index >= 15 is 0 Å². The Morgan fingerprint density at radius 2 is 2.00 bits per heavy atom. The summed E-state index contributed by atoms with van der Waals surface area (Å²) in [6.45, 7) is 2.15. The summed E-state index contributed by atoms with van der Waals surface area (Å²) in [4.78, 5) is 0. The molecule has 2 rings (SSSR count). The average Bonchev–Trinajstić information content (AvgIpc) is 2.46. The topological polar surface area (TPSA) is 21.3 Å². The first-order valence-corrected chi connectivity index (χ1v) is 7.55. The molecule has 0 aromatic heterocycles. The van der Waals surface area contributed by atoms with E-state index in [-0.39, 0.29) is 0 Å². The summed E-state index contributed by atoms with van der Waals surface area (Å²) in [6.07, 6.45) is 8.04. The van der Waals surface area contributed by atoms with Gasteiger partial charge in [0.15, 0.2) is 0 Å². The minimum absolute atomic E-state index is 0.580. The lowest BCUT2D eigenvalue weighted by molar-refractivity contribution is 0.275. The summed E-state index contributed by atoms with van der Waals surface area (Å²) >= 11 is 0. The molecule has 0 spiro atoms. The third kappa shape index (κ3) is 3.73. The maximum atomic E-state index is 5.51. The molecule has 106 valence electrons. The zero-order valence-corrected chi connectivity index (χ0v) is 12.5. The number of methoxy groups -OCH3 is 1. The number of hydrogen-bond donors (Lipinski definition) is 1. The maximum Gasteiger partial charge on any atom is 0.122 e. The van der Waals surface area contributed by atoms with Crippen molar-refractivity contribution in [1.82, 2.24) is 5.32 Å². The highest BCUT2D eigenvalue weighted by Crippen LogP contribution is 2.30. The average molecular weight is 261 g/mol. The van der Waals surface area contributed by atoms with Crippen LogP contribution in [0, 0.1) is 12.8 Å². The van der Waals surface area contributed by atoms with Crippen LogP contribution in [0.3, 0.4) is 0 Å². The van der Waals surface area contributed by atoms with Crippen LogP contribution < -0.4 is 10.1 Å². The number of nitrogens with one attached hydrogen (secondary N) is 1. The van der Waals surface area contributed by atoms with Crippen LogP contribution in [-0.2, 0) is 6.42 Å². The summed E-state index contributed by atoms with van der Waals surface area (Å²) in [5.74, 6) is 1.85. The van der Waals surface area contributed by atoms with Gasteiger partial charge >= 0.3 is 0 Å². The monoisotopic (exact) mass is 261 g/mol. The van der Waals surface area contributed by atoms with Gasteiger partial charge in [0.25, 0.3) is 0 Å². The molecule has 2 heteroatoms. The van der Waals surface area contributed by atoms with E-state index in [1.807, 2.05) is 0 Å². The van der Waals surface area contributed by atoms with E-state index < -0.39 is 0 Å². The van der Waals surface area contributed by atoms with Gasteiger partial charge in [-0.25, -0.2) is 0 Å². The second kappa shape index (κ2) is 6.95. The number of aryl methyl sites for hydroxylation is 1. The van der Waals surface area contributed by atoms with E-state index in [0.29, 0.717) is 6.04 Å². The van der Waals surface area contributed by atoms with Gasteiger partial charge in [-0.05, 0) is 50.8 Å². The molecule has 1 aromatic rings. The molecule has 2 nitrogen and oxygen atoms in total. The van der Waals surface area contributed by atoms with Crippen molar-refractivity contribution in [2.24, 2.45) is 5.92 Å². The largest absolute Gasteiger partial charge is 0.496 e. The van der Waals surface area contributed by atoms with Crippen molar-refractivity contribution in [2.45, 2.75) is 51.5 Å². The Hall–Kier alpha value is -1.02. The van der Waals surface area contributed by atoms with Crippen molar-refractivity contribution in [3.63, 3.8) is 0 Å². The van der Waals surface area contributed by atoms with Gasteiger partial charge in [0.1, 0.15) is 5.75 Å². The number of likely N-dealkylation sites (N-methyl/N-ethyl adjacent to an activating group) is 1. The lowest BCUT2D eigenvalue weighted by atomic mass is 9.81. The van der Waals surface area contributed by atoms with Crippen LogP contribution in [0.5, 0.6) is 5.75 Å². The molecule has 1 saturated carbocycles. The second-order valence-electron chi connectivity index (χ2n) is 5.81. The number of rotatable bonds is 5. The summed E-state index contributed by atoms with van der Waals surface area (Å²) in [5.41, 5.74) is 2.65. The van der Waals surface area contributed by atoms with E-state index in [9.17, 15) is 0 Å².